The number of rotatable bonds is 4. The molecule has 0 aliphatic rings. The van der Waals surface area contributed by atoms with Crippen molar-refractivity contribution in [2.75, 3.05) is 0 Å². The van der Waals surface area contributed by atoms with Crippen molar-refractivity contribution in [1.29, 1.82) is 0 Å². The molecule has 0 bridgehead atoms. The molecule has 0 unspecified atom stereocenters. The maximum atomic E-state index is 10.4. The van der Waals surface area contributed by atoms with Crippen LogP contribution in [0.5, 0.6) is 0 Å². The van der Waals surface area contributed by atoms with Gasteiger partial charge in [0.15, 0.2) is 0 Å². The summed E-state index contributed by atoms with van der Waals surface area (Å²) in [5, 5.41) is 0. The van der Waals surface area contributed by atoms with Crippen molar-refractivity contribution >= 4 is 6.29 Å². The largest absolute Gasteiger partial charge is 0.321 e. The standard InChI is InChI=1S/C9H11NO.5C2H6.3CH4/c10-9(7-11)6-8-4-2-1-3-5-8;5*1-2;;;/h1-5,7,9H,6,10H2;5*1-2H3;3*1H4/t9-;;;;;;;;/m0......../s1/i/hD. The minimum atomic E-state index is -0.396. The Morgan fingerprint density at radius 2 is 1.17 bits per heavy atom. The van der Waals surface area contributed by atoms with Gasteiger partial charge in [0.25, 0.3) is 0 Å². The second-order valence-electron chi connectivity index (χ2n) is 2.43. The summed E-state index contributed by atoms with van der Waals surface area (Å²) in [6.45, 7) is 20.0. The van der Waals surface area contributed by atoms with Crippen molar-refractivity contribution in [1.82, 2.24) is 0 Å². The van der Waals surface area contributed by atoms with E-state index >= 15 is 0 Å². The fourth-order valence-electron chi connectivity index (χ4n) is 0.916. The van der Waals surface area contributed by atoms with E-state index in [9.17, 15) is 4.79 Å². The van der Waals surface area contributed by atoms with Gasteiger partial charge in [0.05, 0.1) is 6.04 Å². The summed E-state index contributed by atoms with van der Waals surface area (Å²) in [5.41, 5.74) is 3.25. The molecule has 2 heteroatoms. The van der Waals surface area contributed by atoms with Gasteiger partial charge in [-0.2, -0.15) is 0 Å². The fourth-order valence-corrected chi connectivity index (χ4v) is 0.916. The Balaban J connectivity index is -0.0000000323. The summed E-state index contributed by atoms with van der Waals surface area (Å²) < 4.78 is 6.83. The zero-order chi connectivity index (χ0) is 18.8. The zero-order valence-corrected chi connectivity index (χ0v) is 16.2. The van der Waals surface area contributed by atoms with Crippen LogP contribution in [0.15, 0.2) is 30.3 Å². The van der Waals surface area contributed by atoms with Crippen molar-refractivity contribution in [2.24, 2.45) is 5.73 Å². The molecule has 1 aromatic carbocycles. The molecule has 0 heterocycles. The third-order valence-electron chi connectivity index (χ3n) is 1.46. The van der Waals surface area contributed by atoms with E-state index < -0.39 is 6.04 Å². The Bertz CT molecular complexity index is 241. The average molecular weight is 349 g/mol. The smallest absolute Gasteiger partial charge is 0.137 e. The first-order valence-corrected chi connectivity index (χ1v) is 8.53. The van der Waals surface area contributed by atoms with E-state index in [1.807, 2.05) is 99.6 Å². The third-order valence-corrected chi connectivity index (χ3v) is 1.46. The van der Waals surface area contributed by atoms with E-state index in [0.717, 1.165) is 11.8 Å². The van der Waals surface area contributed by atoms with E-state index in [4.69, 9.17) is 1.41 Å². The predicted molar refractivity (Wildman–Crippen MR) is 121 cm³/mol. The molecule has 24 heavy (non-hydrogen) atoms. The Hall–Kier alpha value is -1.15. The topological polar surface area (TPSA) is 43.1 Å². The highest BCUT2D eigenvalue weighted by molar-refractivity contribution is 5.57. The molecule has 1 rings (SSSR count). The van der Waals surface area contributed by atoms with E-state index in [0.29, 0.717) is 6.42 Å². The van der Waals surface area contributed by atoms with Crippen LogP contribution in [0.2, 0.25) is 1.41 Å². The lowest BCUT2D eigenvalue weighted by Gasteiger charge is -2.02. The minimum absolute atomic E-state index is 0. The van der Waals surface area contributed by atoms with Gasteiger partial charge in [0, 0.05) is 0 Å². The molecular formula is C22H53NO. The van der Waals surface area contributed by atoms with Crippen LogP contribution in [-0.4, -0.2) is 12.3 Å². The molecule has 0 aliphatic heterocycles. The van der Waals surface area contributed by atoms with Crippen LogP contribution in [0.25, 0.3) is 0 Å². The normalized spacial score (nSPS) is 7.50. The number of hydrogen-bond donors (Lipinski definition) is 1. The second kappa shape index (κ2) is 67.6. The van der Waals surface area contributed by atoms with Gasteiger partial charge in [0.1, 0.15) is 7.70 Å². The van der Waals surface area contributed by atoms with Crippen LogP contribution in [0.1, 0.15) is 97.1 Å². The quantitative estimate of drug-likeness (QED) is 0.564. The van der Waals surface area contributed by atoms with Crippen LogP contribution in [0.3, 0.4) is 0 Å². The molecule has 0 aromatic heterocycles. The zero-order valence-electron chi connectivity index (χ0n) is 17.2. The summed E-state index contributed by atoms with van der Waals surface area (Å²) in [7, 11) is 0. The van der Waals surface area contributed by atoms with Gasteiger partial charge in [-0.05, 0) is 12.0 Å². The van der Waals surface area contributed by atoms with Crippen LogP contribution in [0.4, 0.5) is 0 Å². The van der Waals surface area contributed by atoms with Crippen molar-refractivity contribution in [3.05, 3.63) is 35.9 Å². The Morgan fingerprint density at radius 3 is 1.42 bits per heavy atom. The van der Waals surface area contributed by atoms with Crippen LogP contribution in [-0.2, 0) is 11.2 Å². The summed E-state index contributed by atoms with van der Waals surface area (Å²) in [6.07, 6.45) is 1.33. The number of aldehydes is 1. The Kier molecular flexibility index (Phi) is 122. The number of carbonyl (C=O) groups is 1. The number of nitrogens with two attached hydrogens (primary N) is 1. The molecule has 1 aromatic rings. The highest BCUT2D eigenvalue weighted by Crippen LogP contribution is 1.99. The first kappa shape index (κ1) is 43.4. The molecular weight excluding hydrogens is 294 g/mol. The van der Waals surface area contributed by atoms with Gasteiger partial charge in [-0.15, -0.1) is 0 Å². The maximum Gasteiger partial charge on any atom is 0.137 e. The molecule has 152 valence electrons. The van der Waals surface area contributed by atoms with Crippen LogP contribution < -0.4 is 5.73 Å². The molecule has 0 radical (unpaired) electrons. The highest BCUT2D eigenvalue weighted by Gasteiger charge is 1.99. The summed E-state index contributed by atoms with van der Waals surface area (Å²) in [4.78, 5) is 10.4. The lowest BCUT2D eigenvalue weighted by molar-refractivity contribution is -0.108. The maximum absolute atomic E-state index is 10.4. The molecule has 2 N–H and O–H groups in total. The third kappa shape index (κ3) is 49.8. The van der Waals surface area contributed by atoms with Gasteiger partial charge in [-0.1, -0.05) is 122 Å². The Labute approximate surface area is 158 Å². The molecule has 0 amide bonds. The number of benzene rings is 1. The summed E-state index contributed by atoms with van der Waals surface area (Å²) in [5.74, 6) is 0. The minimum Gasteiger partial charge on any atom is -0.321 e. The SMILES string of the molecule is C.C.C.CC.CC.CC.CC.CC.[2H]N[C@H](C=O)Cc1ccccc1. The highest BCUT2D eigenvalue weighted by atomic mass is 16.1. The molecule has 0 aliphatic carbocycles. The monoisotopic (exact) mass is 348 g/mol. The lowest BCUT2D eigenvalue weighted by Crippen LogP contribution is -2.23. The molecule has 0 spiro atoms. The number of hydrogen-bond acceptors (Lipinski definition) is 2. The van der Waals surface area contributed by atoms with Gasteiger partial charge in [-0.25, -0.2) is 0 Å². The van der Waals surface area contributed by atoms with Crippen molar-refractivity contribution < 1.29 is 6.21 Å². The van der Waals surface area contributed by atoms with Crippen molar-refractivity contribution in [2.45, 2.75) is 104 Å². The van der Waals surface area contributed by atoms with E-state index in [1.165, 1.54) is 0 Å². The van der Waals surface area contributed by atoms with Crippen LogP contribution in [0, 0.1) is 0 Å². The molecule has 1 atom stereocenters. The van der Waals surface area contributed by atoms with Gasteiger partial charge in [0.2, 0.25) is 0 Å². The Morgan fingerprint density at radius 1 is 0.833 bits per heavy atom. The molecule has 0 fully saturated rings. The first-order chi connectivity index (χ1) is 10.9. The van der Waals surface area contributed by atoms with Gasteiger partial charge in [-0.3, -0.25) is 0 Å². The summed E-state index contributed by atoms with van der Waals surface area (Å²) >= 11 is 0. The molecule has 2 nitrogen and oxygen atoms in total. The van der Waals surface area contributed by atoms with Gasteiger partial charge < -0.3 is 10.5 Å². The number of carbonyl (C=O) groups excluding carboxylic acids is 1. The second-order valence-corrected chi connectivity index (χ2v) is 2.43. The van der Waals surface area contributed by atoms with Crippen molar-refractivity contribution in [3.8, 4) is 0 Å². The first-order valence-electron chi connectivity index (χ1n) is 9.03. The fraction of sp³-hybridized carbons (Fsp3) is 0.682. The van der Waals surface area contributed by atoms with E-state index in [2.05, 4.69) is 5.73 Å². The van der Waals surface area contributed by atoms with Crippen molar-refractivity contribution in [3.63, 3.8) is 0 Å². The van der Waals surface area contributed by atoms with E-state index in [1.54, 1.807) is 0 Å². The van der Waals surface area contributed by atoms with Crippen LogP contribution >= 0.6 is 0 Å². The summed E-state index contributed by atoms with van der Waals surface area (Å²) in [6, 6.07) is 9.24. The van der Waals surface area contributed by atoms with Gasteiger partial charge >= 0.3 is 0 Å². The van der Waals surface area contributed by atoms with E-state index in [-0.39, 0.29) is 22.3 Å². The molecule has 0 saturated heterocycles. The predicted octanol–water partition coefficient (Wildman–Crippen LogP) is 7.79. The lowest BCUT2D eigenvalue weighted by atomic mass is 10.1. The average Bonchev–Trinajstić information content (AvgIpc) is 2.68. The molecule has 0 saturated carbocycles.